The van der Waals surface area contributed by atoms with Gasteiger partial charge in [-0.2, -0.15) is 0 Å². The van der Waals surface area contributed by atoms with Crippen LogP contribution in [-0.2, 0) is 11.2 Å². The summed E-state index contributed by atoms with van der Waals surface area (Å²) in [6.45, 7) is 8.56. The molecule has 166 valence electrons. The van der Waals surface area contributed by atoms with E-state index in [2.05, 4.69) is 20.3 Å². The number of anilines is 1. The van der Waals surface area contributed by atoms with Crippen molar-refractivity contribution < 1.29 is 14.3 Å². The van der Waals surface area contributed by atoms with Crippen LogP contribution >= 0.6 is 0 Å². The monoisotopic (exact) mass is 426 g/mol. The van der Waals surface area contributed by atoms with E-state index in [1.807, 2.05) is 39.8 Å². The number of carbonyl (C=O) groups excluding carboxylic acids is 2. The quantitative estimate of drug-likeness (QED) is 0.753. The van der Waals surface area contributed by atoms with E-state index in [1.54, 1.807) is 11.1 Å². The van der Waals surface area contributed by atoms with Crippen LogP contribution in [0.5, 0.6) is 0 Å². The van der Waals surface area contributed by atoms with Crippen LogP contribution < -0.4 is 11.1 Å². The largest absolute Gasteiger partial charge is 0.444 e. The van der Waals surface area contributed by atoms with Crippen LogP contribution in [0.4, 0.5) is 10.5 Å². The maximum atomic E-state index is 12.3. The lowest BCUT2D eigenvalue weighted by molar-refractivity contribution is 0.0210. The molecule has 0 atom stereocenters. The van der Waals surface area contributed by atoms with Gasteiger partial charge in [-0.1, -0.05) is 0 Å². The molecule has 0 radical (unpaired) electrons. The van der Waals surface area contributed by atoms with Gasteiger partial charge in [-0.3, -0.25) is 9.78 Å². The molecule has 9 nitrogen and oxygen atoms in total. The smallest absolute Gasteiger partial charge is 0.410 e. The second kappa shape index (κ2) is 9.28. The van der Waals surface area contributed by atoms with Gasteiger partial charge in [-0.25, -0.2) is 14.8 Å². The number of nitrogens with zero attached hydrogens (tertiary/aromatic N) is 4. The van der Waals surface area contributed by atoms with E-state index in [4.69, 9.17) is 10.5 Å². The number of carbonyl (C=O) groups is 2. The molecule has 1 aliphatic rings. The molecule has 1 aliphatic heterocycles. The number of ether oxygens (including phenoxy) is 1. The Labute approximate surface area is 182 Å². The first kappa shape index (κ1) is 22.5. The lowest BCUT2D eigenvalue weighted by atomic mass is 10.0. The number of likely N-dealkylation sites (tertiary alicyclic amines) is 1. The molecule has 0 aliphatic carbocycles. The molecule has 3 rings (SSSR count). The Morgan fingerprint density at radius 1 is 1.23 bits per heavy atom. The summed E-state index contributed by atoms with van der Waals surface area (Å²) in [5.41, 5.74) is 7.66. The summed E-state index contributed by atoms with van der Waals surface area (Å²) in [6, 6.07) is 3.79. The van der Waals surface area contributed by atoms with Crippen LogP contribution in [0.15, 0.2) is 24.5 Å². The number of primary amides is 1. The topological polar surface area (TPSA) is 123 Å². The Morgan fingerprint density at radius 3 is 2.55 bits per heavy atom. The summed E-state index contributed by atoms with van der Waals surface area (Å²) in [5, 5.41) is 3.42. The normalized spacial score (nSPS) is 14.9. The molecule has 0 bridgehead atoms. The second-order valence-corrected chi connectivity index (χ2v) is 8.74. The zero-order chi connectivity index (χ0) is 22.6. The van der Waals surface area contributed by atoms with E-state index >= 15 is 0 Å². The average Bonchev–Trinajstić information content (AvgIpc) is 2.67. The van der Waals surface area contributed by atoms with Gasteiger partial charge in [0.2, 0.25) is 0 Å². The highest BCUT2D eigenvalue weighted by Gasteiger charge is 2.27. The van der Waals surface area contributed by atoms with Gasteiger partial charge in [0.25, 0.3) is 5.91 Å². The van der Waals surface area contributed by atoms with Crippen LogP contribution in [0.25, 0.3) is 0 Å². The van der Waals surface area contributed by atoms with Crippen molar-refractivity contribution in [3.63, 3.8) is 0 Å². The number of aryl methyl sites for hydroxylation is 1. The fourth-order valence-corrected chi connectivity index (χ4v) is 3.45. The third-order valence-electron chi connectivity index (χ3n) is 4.93. The highest BCUT2D eigenvalue weighted by atomic mass is 16.6. The molecule has 2 aromatic heterocycles. The van der Waals surface area contributed by atoms with E-state index in [-0.39, 0.29) is 12.1 Å². The molecule has 0 aromatic carbocycles. The number of hydrogen-bond donors (Lipinski definition) is 2. The third kappa shape index (κ3) is 6.37. The first-order valence-corrected chi connectivity index (χ1v) is 10.4. The van der Waals surface area contributed by atoms with Crippen molar-refractivity contribution in [3.05, 3.63) is 47.3 Å². The van der Waals surface area contributed by atoms with Gasteiger partial charge in [-0.15, -0.1) is 0 Å². The Hall–Kier alpha value is -3.23. The SMILES string of the molecule is Cc1nccc(Cc2cc(NC3CCN(C(=O)OC(C)(C)C)CC3)c(C(N)=O)cn2)n1. The average molecular weight is 427 g/mol. The molecule has 1 fully saturated rings. The third-order valence-corrected chi connectivity index (χ3v) is 4.93. The predicted molar refractivity (Wildman–Crippen MR) is 117 cm³/mol. The van der Waals surface area contributed by atoms with Crippen LogP contribution in [0.3, 0.4) is 0 Å². The van der Waals surface area contributed by atoms with Gasteiger partial charge < -0.3 is 20.7 Å². The molecule has 3 heterocycles. The summed E-state index contributed by atoms with van der Waals surface area (Å²) < 4.78 is 5.45. The molecule has 0 spiro atoms. The van der Waals surface area contributed by atoms with E-state index in [0.29, 0.717) is 36.6 Å². The lowest BCUT2D eigenvalue weighted by Crippen LogP contribution is -2.44. The van der Waals surface area contributed by atoms with Gasteiger partial charge in [0.15, 0.2) is 0 Å². The summed E-state index contributed by atoms with van der Waals surface area (Å²) in [4.78, 5) is 38.8. The van der Waals surface area contributed by atoms with E-state index < -0.39 is 11.5 Å². The first-order chi connectivity index (χ1) is 14.6. The van der Waals surface area contributed by atoms with Crippen LogP contribution in [0.1, 0.15) is 61.2 Å². The van der Waals surface area contributed by atoms with E-state index in [9.17, 15) is 9.59 Å². The summed E-state index contributed by atoms with van der Waals surface area (Å²) in [6.07, 6.45) is 4.92. The number of nitrogens with one attached hydrogen (secondary N) is 1. The molecule has 9 heteroatoms. The first-order valence-electron chi connectivity index (χ1n) is 10.4. The predicted octanol–water partition coefficient (Wildman–Crippen LogP) is 2.68. The zero-order valence-electron chi connectivity index (χ0n) is 18.5. The van der Waals surface area contributed by atoms with Crippen LogP contribution in [-0.4, -0.2) is 56.6 Å². The van der Waals surface area contributed by atoms with Crippen molar-refractivity contribution in [1.29, 1.82) is 0 Å². The molecule has 0 saturated carbocycles. The van der Waals surface area contributed by atoms with Crippen molar-refractivity contribution in [2.75, 3.05) is 18.4 Å². The lowest BCUT2D eigenvalue weighted by Gasteiger charge is -2.34. The molecule has 2 aromatic rings. The maximum Gasteiger partial charge on any atom is 0.410 e. The Morgan fingerprint density at radius 2 is 1.94 bits per heavy atom. The molecule has 31 heavy (non-hydrogen) atoms. The molecule has 1 saturated heterocycles. The van der Waals surface area contributed by atoms with Gasteiger partial charge in [-0.05, 0) is 52.7 Å². The summed E-state index contributed by atoms with van der Waals surface area (Å²) >= 11 is 0. The fraction of sp³-hybridized carbons (Fsp3) is 0.500. The van der Waals surface area contributed by atoms with Gasteiger partial charge in [0.1, 0.15) is 11.4 Å². The van der Waals surface area contributed by atoms with E-state index in [0.717, 1.165) is 24.2 Å². The minimum absolute atomic E-state index is 0.105. The Balaban J connectivity index is 1.67. The minimum atomic E-state index is -0.536. The summed E-state index contributed by atoms with van der Waals surface area (Å²) in [7, 11) is 0. The van der Waals surface area contributed by atoms with Gasteiger partial charge >= 0.3 is 6.09 Å². The number of aromatic nitrogens is 3. The number of hydrogen-bond acceptors (Lipinski definition) is 7. The standard InChI is InChI=1S/C22H30N6O3/c1-14-24-8-5-16(26-14)11-17-12-19(18(13-25-17)20(23)29)27-15-6-9-28(10-7-15)21(30)31-22(2,3)4/h5,8,12-13,15H,6-7,9-11H2,1-4H3,(H2,23,29)(H,25,27). The van der Waals surface area contributed by atoms with Crippen molar-refractivity contribution in [1.82, 2.24) is 19.9 Å². The maximum absolute atomic E-state index is 12.3. The fourth-order valence-electron chi connectivity index (χ4n) is 3.45. The number of rotatable bonds is 5. The van der Waals surface area contributed by atoms with Crippen molar-refractivity contribution >= 4 is 17.7 Å². The molecule has 3 N–H and O–H groups in total. The van der Waals surface area contributed by atoms with Gasteiger partial charge in [0.05, 0.1) is 16.9 Å². The van der Waals surface area contributed by atoms with Crippen LogP contribution in [0, 0.1) is 6.92 Å². The number of pyridine rings is 1. The Kier molecular flexibility index (Phi) is 6.72. The number of amides is 2. The van der Waals surface area contributed by atoms with Crippen molar-refractivity contribution in [2.45, 2.75) is 58.6 Å². The van der Waals surface area contributed by atoms with E-state index in [1.165, 1.54) is 6.20 Å². The van der Waals surface area contributed by atoms with Crippen LogP contribution in [0.2, 0.25) is 0 Å². The minimum Gasteiger partial charge on any atom is -0.444 e. The number of nitrogens with two attached hydrogens (primary N) is 1. The second-order valence-electron chi connectivity index (χ2n) is 8.74. The van der Waals surface area contributed by atoms with Crippen molar-refractivity contribution in [2.24, 2.45) is 5.73 Å². The highest BCUT2D eigenvalue weighted by Crippen LogP contribution is 2.23. The Bertz CT molecular complexity index is 949. The number of piperidine rings is 1. The summed E-state index contributed by atoms with van der Waals surface area (Å²) in [5.74, 6) is 0.159. The zero-order valence-corrected chi connectivity index (χ0v) is 18.5. The highest BCUT2D eigenvalue weighted by molar-refractivity contribution is 5.98. The molecule has 0 unspecified atom stereocenters. The van der Waals surface area contributed by atoms with Crippen molar-refractivity contribution in [3.8, 4) is 0 Å². The molecular weight excluding hydrogens is 396 g/mol. The molecule has 2 amide bonds. The molecular formula is C22H30N6O3. The van der Waals surface area contributed by atoms with Gasteiger partial charge in [0, 0.05) is 43.6 Å².